The third-order valence-electron chi connectivity index (χ3n) is 4.57. The predicted octanol–water partition coefficient (Wildman–Crippen LogP) is 4.92. The van der Waals surface area contributed by atoms with Crippen LogP contribution in [0.25, 0.3) is 0 Å². The standard InChI is InChI=1S/C18H15Cl3N2O2S2/c19-12-2-1-3-14(6-12)23-17-10-27(24,25)9-16(17)22-18(23)26-8-11-4-5-13(20)7-15(11)21/h1-7,16-17H,8-10H2/t16-,17-/m0/s1. The molecule has 0 N–H and O–H groups in total. The Morgan fingerprint density at radius 3 is 2.59 bits per heavy atom. The number of aliphatic imine (C=N–C) groups is 1. The number of rotatable bonds is 3. The summed E-state index contributed by atoms with van der Waals surface area (Å²) in [6, 6.07) is 12.4. The Balaban J connectivity index is 1.63. The highest BCUT2D eigenvalue weighted by Gasteiger charge is 2.47. The Morgan fingerprint density at radius 2 is 1.85 bits per heavy atom. The molecular weight excluding hydrogens is 447 g/mol. The summed E-state index contributed by atoms with van der Waals surface area (Å²) < 4.78 is 24.2. The van der Waals surface area contributed by atoms with E-state index >= 15 is 0 Å². The molecule has 2 atom stereocenters. The van der Waals surface area contributed by atoms with E-state index in [0.29, 0.717) is 20.8 Å². The topological polar surface area (TPSA) is 49.7 Å². The van der Waals surface area contributed by atoms with Crippen molar-refractivity contribution < 1.29 is 8.42 Å². The lowest BCUT2D eigenvalue weighted by atomic mass is 10.1. The van der Waals surface area contributed by atoms with Crippen molar-refractivity contribution in [3.8, 4) is 0 Å². The van der Waals surface area contributed by atoms with Crippen LogP contribution in [0.2, 0.25) is 15.1 Å². The monoisotopic (exact) mass is 460 g/mol. The second kappa shape index (κ2) is 7.48. The number of halogens is 3. The van der Waals surface area contributed by atoms with Crippen LogP contribution in [0.3, 0.4) is 0 Å². The number of sulfone groups is 1. The van der Waals surface area contributed by atoms with Crippen molar-refractivity contribution in [1.29, 1.82) is 0 Å². The van der Waals surface area contributed by atoms with Gasteiger partial charge in [0, 0.05) is 26.5 Å². The van der Waals surface area contributed by atoms with Gasteiger partial charge < -0.3 is 4.90 Å². The number of amidine groups is 1. The first kappa shape index (κ1) is 19.4. The third-order valence-corrected chi connectivity index (χ3v) is 8.10. The molecule has 9 heteroatoms. The van der Waals surface area contributed by atoms with E-state index in [1.807, 2.05) is 29.2 Å². The van der Waals surface area contributed by atoms with E-state index in [1.165, 1.54) is 11.8 Å². The van der Waals surface area contributed by atoms with Gasteiger partial charge in [0.15, 0.2) is 15.0 Å². The minimum Gasteiger partial charge on any atom is -0.315 e. The van der Waals surface area contributed by atoms with Gasteiger partial charge in [-0.3, -0.25) is 4.99 Å². The molecule has 142 valence electrons. The normalized spacial score (nSPS) is 23.4. The van der Waals surface area contributed by atoms with E-state index in [-0.39, 0.29) is 23.6 Å². The summed E-state index contributed by atoms with van der Waals surface area (Å²) in [7, 11) is -3.09. The molecule has 2 aliphatic rings. The summed E-state index contributed by atoms with van der Waals surface area (Å²) in [5.74, 6) is 0.790. The van der Waals surface area contributed by atoms with Gasteiger partial charge in [0.2, 0.25) is 0 Å². The molecule has 27 heavy (non-hydrogen) atoms. The molecular formula is C18H15Cl3N2O2S2. The van der Waals surface area contributed by atoms with Crippen molar-refractivity contribution in [2.75, 3.05) is 16.4 Å². The van der Waals surface area contributed by atoms with Gasteiger partial charge in [-0.05, 0) is 35.9 Å². The molecule has 0 radical (unpaired) electrons. The Labute approximate surface area is 177 Å². The molecule has 0 bridgehead atoms. The highest BCUT2D eigenvalue weighted by Crippen LogP contribution is 2.37. The number of benzene rings is 2. The zero-order valence-electron chi connectivity index (χ0n) is 14.0. The second-order valence-electron chi connectivity index (χ2n) is 6.50. The van der Waals surface area contributed by atoms with Crippen molar-refractivity contribution in [3.05, 3.63) is 63.1 Å². The van der Waals surface area contributed by atoms with Crippen LogP contribution in [-0.4, -0.2) is 37.2 Å². The van der Waals surface area contributed by atoms with Gasteiger partial charge in [0.25, 0.3) is 0 Å². The molecule has 2 aromatic rings. The Morgan fingerprint density at radius 1 is 1.07 bits per heavy atom. The quantitative estimate of drug-likeness (QED) is 0.651. The average molecular weight is 462 g/mol. The number of anilines is 1. The molecule has 2 heterocycles. The summed E-state index contributed by atoms with van der Waals surface area (Å²) in [6.07, 6.45) is 0. The van der Waals surface area contributed by atoms with Crippen LogP contribution in [0, 0.1) is 0 Å². The largest absolute Gasteiger partial charge is 0.315 e. The van der Waals surface area contributed by atoms with Gasteiger partial charge in [0.05, 0.1) is 23.6 Å². The van der Waals surface area contributed by atoms with Crippen molar-refractivity contribution in [2.45, 2.75) is 17.8 Å². The fourth-order valence-corrected chi connectivity index (χ4v) is 7.05. The maximum Gasteiger partial charge on any atom is 0.164 e. The lowest BCUT2D eigenvalue weighted by molar-refractivity contribution is 0.601. The number of nitrogens with zero attached hydrogens (tertiary/aromatic N) is 2. The maximum atomic E-state index is 12.1. The molecule has 2 aromatic carbocycles. The van der Waals surface area contributed by atoms with E-state index in [9.17, 15) is 8.42 Å². The molecule has 4 nitrogen and oxygen atoms in total. The number of fused-ring (bicyclic) bond motifs is 1. The van der Waals surface area contributed by atoms with E-state index < -0.39 is 9.84 Å². The van der Waals surface area contributed by atoms with Crippen LogP contribution in [-0.2, 0) is 15.6 Å². The van der Waals surface area contributed by atoms with Crippen LogP contribution in [0.1, 0.15) is 5.56 Å². The summed E-state index contributed by atoms with van der Waals surface area (Å²) in [5.41, 5.74) is 1.80. The summed E-state index contributed by atoms with van der Waals surface area (Å²) in [5, 5.41) is 2.58. The van der Waals surface area contributed by atoms with E-state index in [2.05, 4.69) is 0 Å². The molecule has 1 saturated heterocycles. The molecule has 2 aliphatic heterocycles. The van der Waals surface area contributed by atoms with Gasteiger partial charge in [-0.1, -0.05) is 58.7 Å². The lowest BCUT2D eigenvalue weighted by Gasteiger charge is -2.26. The van der Waals surface area contributed by atoms with Crippen LogP contribution in [0.4, 0.5) is 5.69 Å². The van der Waals surface area contributed by atoms with E-state index in [0.717, 1.165) is 16.4 Å². The summed E-state index contributed by atoms with van der Waals surface area (Å²) in [4.78, 5) is 6.71. The van der Waals surface area contributed by atoms with Gasteiger partial charge in [0.1, 0.15) is 0 Å². The molecule has 0 saturated carbocycles. The van der Waals surface area contributed by atoms with E-state index in [4.69, 9.17) is 39.8 Å². The average Bonchev–Trinajstić information content (AvgIpc) is 3.05. The zero-order valence-corrected chi connectivity index (χ0v) is 17.9. The van der Waals surface area contributed by atoms with Crippen LogP contribution in [0.15, 0.2) is 47.5 Å². The predicted molar refractivity (Wildman–Crippen MR) is 115 cm³/mol. The Kier molecular flexibility index (Phi) is 5.38. The van der Waals surface area contributed by atoms with Crippen molar-refractivity contribution >= 4 is 67.3 Å². The SMILES string of the molecule is O=S1(=O)C[C@@H]2N=C(SCc3ccc(Cl)cc3Cl)N(c3cccc(Cl)c3)[C@H]2C1. The van der Waals surface area contributed by atoms with Crippen molar-refractivity contribution in [1.82, 2.24) is 0 Å². The third kappa shape index (κ3) is 4.10. The van der Waals surface area contributed by atoms with Gasteiger partial charge in [-0.15, -0.1) is 0 Å². The fraction of sp³-hybridized carbons (Fsp3) is 0.278. The Hall–Kier alpha value is -0.920. The molecule has 0 amide bonds. The molecule has 0 spiro atoms. The molecule has 1 fully saturated rings. The molecule has 0 unspecified atom stereocenters. The first-order valence-electron chi connectivity index (χ1n) is 8.22. The van der Waals surface area contributed by atoms with Crippen molar-refractivity contribution in [3.63, 3.8) is 0 Å². The fourth-order valence-electron chi connectivity index (χ4n) is 3.34. The first-order valence-corrected chi connectivity index (χ1v) is 12.2. The van der Waals surface area contributed by atoms with Crippen molar-refractivity contribution in [2.24, 2.45) is 4.99 Å². The van der Waals surface area contributed by atoms with Gasteiger partial charge >= 0.3 is 0 Å². The number of hydrogen-bond donors (Lipinski definition) is 0. The first-order chi connectivity index (χ1) is 12.8. The minimum atomic E-state index is -3.09. The minimum absolute atomic E-state index is 0.0838. The molecule has 0 aliphatic carbocycles. The second-order valence-corrected chi connectivity index (χ2v) is 10.9. The number of hydrogen-bond acceptors (Lipinski definition) is 5. The Bertz CT molecular complexity index is 1030. The lowest BCUT2D eigenvalue weighted by Crippen LogP contribution is -2.39. The van der Waals surface area contributed by atoms with Gasteiger partial charge in [-0.25, -0.2) is 8.42 Å². The number of thioether (sulfide) groups is 1. The zero-order chi connectivity index (χ0) is 19.2. The smallest absolute Gasteiger partial charge is 0.164 e. The summed E-state index contributed by atoms with van der Waals surface area (Å²) >= 11 is 19.9. The molecule has 4 rings (SSSR count). The highest BCUT2D eigenvalue weighted by atomic mass is 35.5. The highest BCUT2D eigenvalue weighted by molar-refractivity contribution is 8.13. The van der Waals surface area contributed by atoms with Crippen LogP contribution in [0.5, 0.6) is 0 Å². The summed E-state index contributed by atoms with van der Waals surface area (Å²) in [6.45, 7) is 0. The van der Waals surface area contributed by atoms with E-state index in [1.54, 1.807) is 18.2 Å². The van der Waals surface area contributed by atoms with Gasteiger partial charge in [-0.2, -0.15) is 0 Å². The molecule has 0 aromatic heterocycles. The van der Waals surface area contributed by atoms with Crippen LogP contribution >= 0.6 is 46.6 Å². The maximum absolute atomic E-state index is 12.1. The van der Waals surface area contributed by atoms with Crippen LogP contribution < -0.4 is 4.90 Å².